The van der Waals surface area contributed by atoms with Crippen molar-refractivity contribution < 1.29 is 0 Å². The minimum absolute atomic E-state index is 0.661. The molecule has 0 aliphatic heterocycles. The van der Waals surface area contributed by atoms with Gasteiger partial charge in [-0.2, -0.15) is 0 Å². The van der Waals surface area contributed by atoms with E-state index >= 15 is 0 Å². The molecule has 0 saturated heterocycles. The summed E-state index contributed by atoms with van der Waals surface area (Å²) in [4.78, 5) is 2.55. The molecule has 2 heteroatoms. The van der Waals surface area contributed by atoms with Gasteiger partial charge in [-0.3, -0.25) is 4.90 Å². The second-order valence-corrected chi connectivity index (χ2v) is 4.58. The number of nitrogens with one attached hydrogen (secondary N) is 1. The second kappa shape index (κ2) is 9.17. The predicted molar refractivity (Wildman–Crippen MR) is 69.4 cm³/mol. The quantitative estimate of drug-likeness (QED) is 0.635. The van der Waals surface area contributed by atoms with E-state index in [9.17, 15) is 0 Å². The summed E-state index contributed by atoms with van der Waals surface area (Å²) in [6, 6.07) is 1.33. The maximum atomic E-state index is 3.61. The van der Waals surface area contributed by atoms with Crippen molar-refractivity contribution in [2.45, 2.75) is 66.0 Å². The zero-order valence-electron chi connectivity index (χ0n) is 11.3. The summed E-state index contributed by atoms with van der Waals surface area (Å²) < 4.78 is 0. The van der Waals surface area contributed by atoms with E-state index in [-0.39, 0.29) is 0 Å². The number of rotatable bonds is 9. The van der Waals surface area contributed by atoms with Gasteiger partial charge in [0.15, 0.2) is 0 Å². The van der Waals surface area contributed by atoms with E-state index in [1.807, 2.05) is 0 Å². The molecular formula is C13H30N2. The van der Waals surface area contributed by atoms with Crippen LogP contribution in [0, 0.1) is 0 Å². The minimum atomic E-state index is 0.661. The lowest BCUT2D eigenvalue weighted by molar-refractivity contribution is 0.210. The molecule has 0 aromatic carbocycles. The van der Waals surface area contributed by atoms with Crippen molar-refractivity contribution >= 4 is 0 Å². The summed E-state index contributed by atoms with van der Waals surface area (Å²) in [5.41, 5.74) is 0. The molecular weight excluding hydrogens is 184 g/mol. The van der Waals surface area contributed by atoms with E-state index in [4.69, 9.17) is 0 Å². The third kappa shape index (κ3) is 6.91. The lowest BCUT2D eigenvalue weighted by Crippen LogP contribution is -2.43. The van der Waals surface area contributed by atoms with Gasteiger partial charge >= 0.3 is 0 Å². The van der Waals surface area contributed by atoms with Crippen LogP contribution in [0.2, 0.25) is 0 Å². The molecule has 0 aliphatic carbocycles. The summed E-state index contributed by atoms with van der Waals surface area (Å²) in [6.07, 6.45) is 3.81. The molecule has 2 nitrogen and oxygen atoms in total. The Labute approximate surface area is 96.4 Å². The molecule has 0 bridgehead atoms. The Balaban J connectivity index is 3.73. The van der Waals surface area contributed by atoms with E-state index in [2.05, 4.69) is 44.8 Å². The van der Waals surface area contributed by atoms with Gasteiger partial charge < -0.3 is 5.32 Å². The van der Waals surface area contributed by atoms with Crippen molar-refractivity contribution in [1.82, 2.24) is 10.2 Å². The Hall–Kier alpha value is -0.0800. The fourth-order valence-corrected chi connectivity index (χ4v) is 2.01. The lowest BCUT2D eigenvalue weighted by Gasteiger charge is -2.28. The fourth-order valence-electron chi connectivity index (χ4n) is 2.01. The fraction of sp³-hybridized carbons (Fsp3) is 1.00. The third-order valence-corrected chi connectivity index (χ3v) is 3.02. The summed E-state index contributed by atoms with van der Waals surface area (Å²) in [5, 5.41) is 3.61. The van der Waals surface area contributed by atoms with E-state index in [1.165, 1.54) is 32.4 Å². The molecule has 0 amide bonds. The normalized spacial score (nSPS) is 15.6. The van der Waals surface area contributed by atoms with Crippen molar-refractivity contribution in [2.75, 3.05) is 19.6 Å². The number of likely N-dealkylation sites (N-methyl/N-ethyl adjacent to an activating group) is 1. The van der Waals surface area contributed by atoms with Gasteiger partial charge in [0, 0.05) is 18.6 Å². The Morgan fingerprint density at radius 1 is 1.07 bits per heavy atom. The average Bonchev–Trinajstić information content (AvgIpc) is 2.23. The second-order valence-electron chi connectivity index (χ2n) is 4.58. The van der Waals surface area contributed by atoms with Gasteiger partial charge in [-0.25, -0.2) is 0 Å². The Morgan fingerprint density at radius 2 is 1.73 bits per heavy atom. The van der Waals surface area contributed by atoms with E-state index in [0.717, 1.165) is 6.54 Å². The van der Waals surface area contributed by atoms with Crippen LogP contribution in [0.4, 0.5) is 0 Å². The highest BCUT2D eigenvalue weighted by molar-refractivity contribution is 4.70. The summed E-state index contributed by atoms with van der Waals surface area (Å²) in [5.74, 6) is 0. The zero-order chi connectivity index (χ0) is 11.7. The highest BCUT2D eigenvalue weighted by Crippen LogP contribution is 2.01. The van der Waals surface area contributed by atoms with Crippen LogP contribution in [0.5, 0.6) is 0 Å². The first-order valence-electron chi connectivity index (χ1n) is 6.63. The number of hydrogen-bond acceptors (Lipinski definition) is 2. The molecule has 0 aliphatic rings. The van der Waals surface area contributed by atoms with Crippen LogP contribution in [-0.2, 0) is 0 Å². The first-order valence-corrected chi connectivity index (χ1v) is 6.63. The topological polar surface area (TPSA) is 15.3 Å². The average molecular weight is 214 g/mol. The molecule has 2 atom stereocenters. The van der Waals surface area contributed by atoms with Crippen molar-refractivity contribution in [2.24, 2.45) is 0 Å². The summed E-state index contributed by atoms with van der Waals surface area (Å²) >= 11 is 0. The van der Waals surface area contributed by atoms with E-state index in [1.54, 1.807) is 0 Å². The monoisotopic (exact) mass is 214 g/mol. The van der Waals surface area contributed by atoms with Crippen LogP contribution < -0.4 is 5.32 Å². The first-order chi connectivity index (χ1) is 7.15. The van der Waals surface area contributed by atoms with Gasteiger partial charge in [-0.15, -0.1) is 0 Å². The van der Waals surface area contributed by atoms with Gasteiger partial charge in [-0.05, 0) is 39.8 Å². The molecule has 0 spiro atoms. The van der Waals surface area contributed by atoms with Crippen LogP contribution in [0.3, 0.4) is 0 Å². The predicted octanol–water partition coefficient (Wildman–Crippen LogP) is 2.89. The van der Waals surface area contributed by atoms with Crippen LogP contribution in [0.15, 0.2) is 0 Å². The molecule has 0 aromatic heterocycles. The molecule has 2 unspecified atom stereocenters. The maximum Gasteiger partial charge on any atom is 0.0192 e. The third-order valence-electron chi connectivity index (χ3n) is 3.02. The standard InChI is InChI=1S/C13H30N2/c1-6-9-12(4)14-11-13(5)15(8-3)10-7-2/h12-14H,6-11H2,1-5H3. The molecule has 0 heterocycles. The lowest BCUT2D eigenvalue weighted by atomic mass is 10.2. The highest BCUT2D eigenvalue weighted by Gasteiger charge is 2.11. The first kappa shape index (κ1) is 14.9. The molecule has 15 heavy (non-hydrogen) atoms. The molecule has 0 fully saturated rings. The molecule has 92 valence electrons. The smallest absolute Gasteiger partial charge is 0.0192 e. The molecule has 1 N–H and O–H groups in total. The maximum absolute atomic E-state index is 3.61. The molecule has 0 rings (SSSR count). The molecule has 0 radical (unpaired) electrons. The number of nitrogens with zero attached hydrogens (tertiary/aromatic N) is 1. The van der Waals surface area contributed by atoms with Crippen LogP contribution in [0.1, 0.15) is 53.9 Å². The van der Waals surface area contributed by atoms with Crippen molar-refractivity contribution in [1.29, 1.82) is 0 Å². The van der Waals surface area contributed by atoms with Gasteiger partial charge in [0.2, 0.25) is 0 Å². The highest BCUT2D eigenvalue weighted by atomic mass is 15.2. The Bertz CT molecular complexity index is 136. The van der Waals surface area contributed by atoms with E-state index < -0.39 is 0 Å². The van der Waals surface area contributed by atoms with Crippen LogP contribution >= 0.6 is 0 Å². The Kier molecular flexibility index (Phi) is 9.12. The van der Waals surface area contributed by atoms with Crippen LogP contribution in [-0.4, -0.2) is 36.6 Å². The zero-order valence-corrected chi connectivity index (χ0v) is 11.3. The van der Waals surface area contributed by atoms with E-state index in [0.29, 0.717) is 12.1 Å². The van der Waals surface area contributed by atoms with Crippen molar-refractivity contribution in [3.8, 4) is 0 Å². The largest absolute Gasteiger partial charge is 0.313 e. The Morgan fingerprint density at radius 3 is 2.20 bits per heavy atom. The summed E-state index contributed by atoms with van der Waals surface area (Å²) in [7, 11) is 0. The van der Waals surface area contributed by atoms with Gasteiger partial charge in [0.1, 0.15) is 0 Å². The van der Waals surface area contributed by atoms with Gasteiger partial charge in [0.05, 0.1) is 0 Å². The number of hydrogen-bond donors (Lipinski definition) is 1. The van der Waals surface area contributed by atoms with Crippen molar-refractivity contribution in [3.63, 3.8) is 0 Å². The van der Waals surface area contributed by atoms with Crippen LogP contribution in [0.25, 0.3) is 0 Å². The van der Waals surface area contributed by atoms with Crippen molar-refractivity contribution in [3.05, 3.63) is 0 Å². The molecule has 0 aromatic rings. The van der Waals surface area contributed by atoms with Gasteiger partial charge in [-0.1, -0.05) is 27.2 Å². The summed E-state index contributed by atoms with van der Waals surface area (Å²) in [6.45, 7) is 14.9. The minimum Gasteiger partial charge on any atom is -0.313 e. The van der Waals surface area contributed by atoms with Gasteiger partial charge in [0.25, 0.3) is 0 Å². The molecule has 0 saturated carbocycles. The SMILES string of the molecule is CCCC(C)NCC(C)N(CC)CCC.